The number of halogens is 1. The first kappa shape index (κ1) is 17.6. The van der Waals surface area contributed by atoms with E-state index >= 15 is 0 Å². The van der Waals surface area contributed by atoms with Crippen molar-refractivity contribution in [3.05, 3.63) is 65.8 Å². The monoisotopic (exact) mass is 443 g/mol. The van der Waals surface area contributed by atoms with Gasteiger partial charge in [-0.2, -0.15) is 0 Å². The van der Waals surface area contributed by atoms with Gasteiger partial charge in [-0.3, -0.25) is 25.0 Å². The number of benzene rings is 2. The van der Waals surface area contributed by atoms with Crippen molar-refractivity contribution in [1.29, 1.82) is 0 Å². The lowest BCUT2D eigenvalue weighted by Crippen LogP contribution is -2.12. The summed E-state index contributed by atoms with van der Waals surface area (Å²) in [5, 5.41) is 24.6. The Morgan fingerprint density at radius 2 is 1.71 bits per heavy atom. The first-order valence-electron chi connectivity index (χ1n) is 6.41. The smallest absolute Gasteiger partial charge is 0.320 e. The fraction of sp³-hybridized carbons (Fsp3) is 0.0714. The van der Waals surface area contributed by atoms with Crippen LogP contribution in [0.15, 0.2) is 36.4 Å². The number of carbonyl (C=O) groups is 1. The third-order valence-electron chi connectivity index (χ3n) is 2.99. The Balaban J connectivity index is 2.45. The third kappa shape index (κ3) is 3.76. The summed E-state index contributed by atoms with van der Waals surface area (Å²) < 4.78 is 5.59. The fourth-order valence-corrected chi connectivity index (χ4v) is 2.53. The van der Waals surface area contributed by atoms with Crippen molar-refractivity contribution >= 4 is 45.6 Å². The van der Waals surface area contributed by atoms with E-state index in [9.17, 15) is 25.0 Å². The van der Waals surface area contributed by atoms with Gasteiger partial charge in [0.05, 0.1) is 22.6 Å². The number of ether oxygens (including phenoxy) is 1. The van der Waals surface area contributed by atoms with E-state index in [4.69, 9.17) is 4.74 Å². The maximum atomic E-state index is 12.2. The molecule has 0 heterocycles. The van der Waals surface area contributed by atoms with E-state index in [0.29, 0.717) is 5.56 Å². The molecule has 0 spiro atoms. The Morgan fingerprint density at radius 1 is 1.12 bits per heavy atom. The molecular weight excluding hydrogens is 433 g/mol. The summed E-state index contributed by atoms with van der Waals surface area (Å²) in [5.41, 5.74) is -0.963. The molecule has 10 heteroatoms. The number of hydrogen-bond acceptors (Lipinski definition) is 6. The van der Waals surface area contributed by atoms with Gasteiger partial charge in [0.25, 0.3) is 11.7 Å². The standard InChI is InChI=1S/C14H10IN3O6/c1-24-13-11(17(20)21)6-10(7-12(13)18(22)23)16-14(19)8-3-2-4-9(15)5-8/h2-7H,1H3,(H,16,19). The van der Waals surface area contributed by atoms with Gasteiger partial charge < -0.3 is 10.1 Å². The second-order valence-electron chi connectivity index (χ2n) is 4.53. The lowest BCUT2D eigenvalue weighted by molar-refractivity contribution is -0.395. The zero-order valence-electron chi connectivity index (χ0n) is 12.2. The van der Waals surface area contributed by atoms with Crippen LogP contribution < -0.4 is 10.1 Å². The number of amides is 1. The van der Waals surface area contributed by atoms with E-state index in [0.717, 1.165) is 22.8 Å². The minimum atomic E-state index is -0.813. The number of methoxy groups -OCH3 is 1. The molecular formula is C14H10IN3O6. The van der Waals surface area contributed by atoms with Crippen molar-refractivity contribution in [1.82, 2.24) is 0 Å². The van der Waals surface area contributed by atoms with E-state index in [1.165, 1.54) is 0 Å². The highest BCUT2D eigenvalue weighted by Gasteiger charge is 2.28. The van der Waals surface area contributed by atoms with Gasteiger partial charge in [0.2, 0.25) is 0 Å². The Labute approximate surface area is 149 Å². The maximum Gasteiger partial charge on any atom is 0.320 e. The Hall–Kier alpha value is -2.76. The zero-order valence-corrected chi connectivity index (χ0v) is 14.3. The van der Waals surface area contributed by atoms with Gasteiger partial charge in [-0.25, -0.2) is 0 Å². The summed E-state index contributed by atoms with van der Waals surface area (Å²) in [5.74, 6) is -1.01. The second-order valence-corrected chi connectivity index (χ2v) is 5.77. The number of carbonyl (C=O) groups excluding carboxylic acids is 1. The molecule has 0 aliphatic carbocycles. The molecule has 24 heavy (non-hydrogen) atoms. The molecule has 124 valence electrons. The van der Waals surface area contributed by atoms with Crippen molar-refractivity contribution < 1.29 is 19.4 Å². The summed E-state index contributed by atoms with van der Waals surface area (Å²) in [7, 11) is 1.10. The third-order valence-corrected chi connectivity index (χ3v) is 3.66. The van der Waals surface area contributed by atoms with Gasteiger partial charge in [0.1, 0.15) is 0 Å². The SMILES string of the molecule is COc1c([N+](=O)[O-])cc(NC(=O)c2cccc(I)c2)cc1[N+](=O)[O-]. The van der Waals surface area contributed by atoms with Crippen LogP contribution in [0.3, 0.4) is 0 Å². The molecule has 2 rings (SSSR count). The van der Waals surface area contributed by atoms with Gasteiger partial charge in [-0.15, -0.1) is 0 Å². The predicted molar refractivity (Wildman–Crippen MR) is 93.4 cm³/mol. The number of hydrogen-bond donors (Lipinski definition) is 1. The highest BCUT2D eigenvalue weighted by molar-refractivity contribution is 14.1. The largest absolute Gasteiger partial charge is 0.485 e. The van der Waals surface area contributed by atoms with E-state index < -0.39 is 32.9 Å². The number of nitro groups is 2. The maximum absolute atomic E-state index is 12.2. The summed E-state index contributed by atoms with van der Waals surface area (Å²) in [6, 6.07) is 8.66. The van der Waals surface area contributed by atoms with Crippen LogP contribution in [0, 0.1) is 23.8 Å². The molecule has 9 nitrogen and oxygen atoms in total. The Kier molecular flexibility index (Phi) is 5.28. The summed E-state index contributed by atoms with van der Waals surface area (Å²) in [4.78, 5) is 32.8. The lowest BCUT2D eigenvalue weighted by atomic mass is 10.2. The van der Waals surface area contributed by atoms with Gasteiger partial charge >= 0.3 is 11.4 Å². The van der Waals surface area contributed by atoms with Crippen LogP contribution in [-0.4, -0.2) is 22.9 Å². The van der Waals surface area contributed by atoms with Gasteiger partial charge in [-0.05, 0) is 40.8 Å². The minimum absolute atomic E-state index is 0.0712. The minimum Gasteiger partial charge on any atom is -0.485 e. The first-order valence-corrected chi connectivity index (χ1v) is 7.49. The molecule has 0 aliphatic heterocycles. The molecule has 2 aromatic rings. The lowest BCUT2D eigenvalue weighted by Gasteiger charge is -2.08. The van der Waals surface area contributed by atoms with Crippen LogP contribution in [0.25, 0.3) is 0 Å². The molecule has 0 saturated heterocycles. The molecule has 0 aliphatic rings. The first-order chi connectivity index (χ1) is 11.3. The van der Waals surface area contributed by atoms with Gasteiger partial charge in [0, 0.05) is 21.3 Å². The molecule has 0 saturated carbocycles. The van der Waals surface area contributed by atoms with Crippen LogP contribution in [0.1, 0.15) is 10.4 Å². The molecule has 2 aromatic carbocycles. The molecule has 1 amide bonds. The van der Waals surface area contributed by atoms with Crippen LogP contribution >= 0.6 is 22.6 Å². The van der Waals surface area contributed by atoms with Crippen molar-refractivity contribution in [2.24, 2.45) is 0 Å². The highest BCUT2D eigenvalue weighted by atomic mass is 127. The number of anilines is 1. The summed E-state index contributed by atoms with van der Waals surface area (Å²) in [6.45, 7) is 0. The van der Waals surface area contributed by atoms with E-state index in [2.05, 4.69) is 5.32 Å². The van der Waals surface area contributed by atoms with Gasteiger partial charge in [-0.1, -0.05) is 6.07 Å². The van der Waals surface area contributed by atoms with Crippen LogP contribution in [0.5, 0.6) is 5.75 Å². The number of nitrogens with zero attached hydrogens (tertiary/aromatic N) is 2. The molecule has 0 radical (unpaired) electrons. The zero-order chi connectivity index (χ0) is 17.9. The quantitative estimate of drug-likeness (QED) is 0.429. The number of nitrogens with one attached hydrogen (secondary N) is 1. The van der Waals surface area contributed by atoms with E-state index in [1.807, 2.05) is 22.6 Å². The molecule has 1 N–H and O–H groups in total. The van der Waals surface area contributed by atoms with Crippen molar-refractivity contribution in [2.75, 3.05) is 12.4 Å². The predicted octanol–water partition coefficient (Wildman–Crippen LogP) is 3.37. The fourth-order valence-electron chi connectivity index (χ4n) is 1.98. The van der Waals surface area contributed by atoms with Crippen LogP contribution in [0.4, 0.5) is 17.1 Å². The van der Waals surface area contributed by atoms with Crippen LogP contribution in [-0.2, 0) is 0 Å². The molecule has 0 fully saturated rings. The normalized spacial score (nSPS) is 10.1. The molecule has 0 atom stereocenters. The van der Waals surface area contributed by atoms with E-state index in [1.54, 1.807) is 24.3 Å². The average molecular weight is 443 g/mol. The second kappa shape index (κ2) is 7.21. The molecule has 0 aromatic heterocycles. The van der Waals surface area contributed by atoms with Crippen molar-refractivity contribution in [3.8, 4) is 5.75 Å². The Morgan fingerprint density at radius 3 is 2.17 bits per heavy atom. The summed E-state index contributed by atoms with van der Waals surface area (Å²) in [6.07, 6.45) is 0. The van der Waals surface area contributed by atoms with Crippen molar-refractivity contribution in [2.45, 2.75) is 0 Å². The summed E-state index contributed by atoms with van der Waals surface area (Å²) >= 11 is 2.03. The molecule has 0 bridgehead atoms. The number of rotatable bonds is 5. The molecule has 0 unspecified atom stereocenters. The van der Waals surface area contributed by atoms with Crippen LogP contribution in [0.2, 0.25) is 0 Å². The number of nitro benzene ring substituents is 2. The Bertz CT molecular complexity index is 804. The van der Waals surface area contributed by atoms with Gasteiger partial charge in [0.15, 0.2) is 0 Å². The van der Waals surface area contributed by atoms with Crippen molar-refractivity contribution in [3.63, 3.8) is 0 Å². The van der Waals surface area contributed by atoms with E-state index in [-0.39, 0.29) is 5.69 Å². The highest BCUT2D eigenvalue weighted by Crippen LogP contribution is 2.39. The average Bonchev–Trinajstić information content (AvgIpc) is 2.53. The topological polar surface area (TPSA) is 125 Å².